The van der Waals surface area contributed by atoms with Gasteiger partial charge in [0.25, 0.3) is 0 Å². The second-order valence-electron chi connectivity index (χ2n) is 16.3. The number of hydrogen-bond acceptors (Lipinski definition) is 6. The molecule has 0 spiro atoms. The third-order valence-corrected chi connectivity index (χ3v) is 10.5. The SMILES string of the molecule is Cc1ccc2c(n1)oc1cc(-c3ccc(-c4cc(-c5[c-]ccc6c5oc5nc(C)ccc56)ncc4C)c(C)c3)ccc12.[2H]C([2H])([2H])c1c[c-]c(-c2ccc(C([2H])([2H])C(C)(C)C)cn2)cc1.[Ir]. The molecule has 0 bridgehead atoms. The van der Waals surface area contributed by atoms with Crippen molar-refractivity contribution in [3.05, 3.63) is 167 Å². The van der Waals surface area contributed by atoms with E-state index in [0.717, 1.165) is 77.6 Å². The maximum absolute atomic E-state index is 8.25. The van der Waals surface area contributed by atoms with Crippen LogP contribution < -0.4 is 0 Å². The van der Waals surface area contributed by atoms with Gasteiger partial charge < -0.3 is 18.8 Å². The minimum Gasteiger partial charge on any atom is -0.486 e. The molecule has 0 N–H and O–H groups in total. The van der Waals surface area contributed by atoms with Crippen molar-refractivity contribution in [2.75, 3.05) is 0 Å². The van der Waals surface area contributed by atoms with Gasteiger partial charge in [0.05, 0.1) is 5.58 Å². The molecule has 0 unspecified atom stereocenters. The molecule has 0 saturated carbocycles. The Balaban J connectivity index is 0.000000211. The summed E-state index contributed by atoms with van der Waals surface area (Å²) in [5.41, 5.74) is 14.8. The van der Waals surface area contributed by atoms with Crippen LogP contribution in [0, 0.1) is 52.1 Å². The van der Waals surface area contributed by atoms with Crippen LogP contribution in [0.25, 0.3) is 88.9 Å². The molecule has 7 heteroatoms. The van der Waals surface area contributed by atoms with Crippen LogP contribution in [-0.2, 0) is 26.5 Å². The molecule has 1 radical (unpaired) electrons. The average Bonchev–Trinajstić information content (AvgIpc) is 3.83. The molecule has 6 nitrogen and oxygen atoms in total. The third kappa shape index (κ3) is 8.54. The molecular weight excluding hydrogens is 929 g/mol. The van der Waals surface area contributed by atoms with Gasteiger partial charge in [-0.05, 0) is 126 Å². The van der Waals surface area contributed by atoms with Crippen LogP contribution >= 0.6 is 0 Å². The molecule has 0 aliphatic heterocycles. The minimum atomic E-state index is -2.14. The Hall–Kier alpha value is -6.27. The van der Waals surface area contributed by atoms with Crippen LogP contribution in [-0.4, -0.2) is 19.9 Å². The van der Waals surface area contributed by atoms with Gasteiger partial charge in [0.15, 0.2) is 0 Å². The van der Waals surface area contributed by atoms with E-state index in [1.165, 1.54) is 23.4 Å². The summed E-state index contributed by atoms with van der Waals surface area (Å²) in [5, 5.41) is 4.14. The molecule has 6 aromatic heterocycles. The topological polar surface area (TPSA) is 77.8 Å². The first-order valence-electron chi connectivity index (χ1n) is 22.4. The van der Waals surface area contributed by atoms with Crippen molar-refractivity contribution in [2.24, 2.45) is 5.41 Å². The standard InChI is InChI=1S/C37H26N3O2.C17H20N.Ir/c1-20-16-24(25-11-15-27-29-12-8-22(3)39-36(29)41-34(27)17-25)10-14-26(20)32-18-33(38-19-21(32)2)31-7-5-6-28-30-13-9-23(4)40-37(30)42-35(28)31;1-13-5-8-15(9-6-13)16-10-7-14(12-18-16)11-17(2,3)4;/h5-6,8-19H,1-4H3;5-8,10,12H,11H2,1-4H3;/q2*-1;/i;1D3,11D2;. The van der Waals surface area contributed by atoms with Crippen molar-refractivity contribution in [1.29, 1.82) is 0 Å². The molecule has 0 atom stereocenters. The molecule has 0 fully saturated rings. The molecule has 10 rings (SSSR count). The van der Waals surface area contributed by atoms with Crippen molar-refractivity contribution in [3.63, 3.8) is 0 Å². The summed E-state index contributed by atoms with van der Waals surface area (Å²) < 4.78 is 50.9. The Labute approximate surface area is 377 Å². The van der Waals surface area contributed by atoms with Crippen LogP contribution in [0.5, 0.6) is 0 Å². The van der Waals surface area contributed by atoms with Gasteiger partial charge >= 0.3 is 0 Å². The van der Waals surface area contributed by atoms with Crippen LogP contribution in [0.2, 0.25) is 0 Å². The zero-order valence-electron chi connectivity index (χ0n) is 40.0. The molecule has 10 aromatic rings. The summed E-state index contributed by atoms with van der Waals surface area (Å²) in [6.07, 6.45) is 1.97. The minimum absolute atomic E-state index is 0. The van der Waals surface area contributed by atoms with Crippen molar-refractivity contribution in [2.45, 2.75) is 61.7 Å². The Morgan fingerprint density at radius 3 is 2.03 bits per heavy atom. The first kappa shape index (κ1) is 35.5. The molecular formula is C54H46IrN4O2-2. The number of benzene rings is 4. The maximum Gasteiger partial charge on any atom is 0.227 e. The number of hydrogen-bond donors (Lipinski definition) is 0. The van der Waals surface area contributed by atoms with Gasteiger partial charge in [-0.1, -0.05) is 81.0 Å². The molecule has 4 aromatic carbocycles. The zero-order chi connectivity index (χ0) is 46.0. The predicted molar refractivity (Wildman–Crippen MR) is 245 cm³/mol. The summed E-state index contributed by atoms with van der Waals surface area (Å²) in [5.74, 6) is 0. The number of aromatic nitrogens is 4. The summed E-state index contributed by atoms with van der Waals surface area (Å²) in [7, 11) is 0. The third-order valence-electron chi connectivity index (χ3n) is 10.5. The van der Waals surface area contributed by atoms with E-state index in [9.17, 15) is 0 Å². The Morgan fingerprint density at radius 1 is 0.639 bits per heavy atom. The number of pyridine rings is 4. The van der Waals surface area contributed by atoms with E-state index in [2.05, 4.69) is 95.5 Å². The summed E-state index contributed by atoms with van der Waals surface area (Å²) in [6, 6.07) is 41.7. The van der Waals surface area contributed by atoms with Crippen LogP contribution in [0.4, 0.5) is 0 Å². The molecule has 6 heterocycles. The second-order valence-corrected chi connectivity index (χ2v) is 16.3. The average molecular weight is 980 g/mol. The van der Waals surface area contributed by atoms with E-state index in [4.69, 9.17) is 20.7 Å². The summed E-state index contributed by atoms with van der Waals surface area (Å²) >= 11 is 0. The van der Waals surface area contributed by atoms with Crippen molar-refractivity contribution in [3.8, 4) is 44.8 Å². The van der Waals surface area contributed by atoms with E-state index in [-0.39, 0.29) is 25.7 Å². The van der Waals surface area contributed by atoms with Crippen LogP contribution in [0.3, 0.4) is 0 Å². The van der Waals surface area contributed by atoms with Crippen LogP contribution in [0.15, 0.2) is 130 Å². The van der Waals surface area contributed by atoms with Gasteiger partial charge in [-0.3, -0.25) is 0 Å². The Kier molecular flexibility index (Phi) is 9.68. The molecule has 305 valence electrons. The summed E-state index contributed by atoms with van der Waals surface area (Å²) in [4.78, 5) is 18.3. The Bertz CT molecular complexity index is 3430. The molecule has 0 saturated heterocycles. The first-order chi connectivity index (χ1) is 30.9. The van der Waals surface area contributed by atoms with E-state index in [1.807, 2.05) is 65.1 Å². The Morgan fingerprint density at radius 2 is 1.34 bits per heavy atom. The fraction of sp³-hybridized carbons (Fsp3) is 0.185. The van der Waals surface area contributed by atoms with Gasteiger partial charge in [0.2, 0.25) is 11.4 Å². The first-order valence-corrected chi connectivity index (χ1v) is 19.9. The quantitative estimate of drug-likeness (QED) is 0.160. The smallest absolute Gasteiger partial charge is 0.227 e. The van der Waals surface area contributed by atoms with Crippen LogP contribution in [0.1, 0.15) is 61.3 Å². The fourth-order valence-electron chi connectivity index (χ4n) is 7.57. The number of aryl methyl sites for hydroxylation is 5. The number of rotatable bonds is 5. The predicted octanol–water partition coefficient (Wildman–Crippen LogP) is 14.1. The normalized spacial score (nSPS) is 13.2. The zero-order valence-corrected chi connectivity index (χ0v) is 37.4. The molecule has 0 aliphatic carbocycles. The van der Waals surface area contributed by atoms with E-state index >= 15 is 0 Å². The van der Waals surface area contributed by atoms with E-state index in [1.54, 1.807) is 24.3 Å². The number of fused-ring (bicyclic) bond motifs is 6. The largest absolute Gasteiger partial charge is 0.486 e. The maximum atomic E-state index is 8.25. The van der Waals surface area contributed by atoms with Gasteiger partial charge in [-0.2, -0.15) is 0 Å². The van der Waals surface area contributed by atoms with E-state index in [0.29, 0.717) is 28.2 Å². The monoisotopic (exact) mass is 980 g/mol. The van der Waals surface area contributed by atoms with Gasteiger partial charge in [-0.15, -0.1) is 53.6 Å². The van der Waals surface area contributed by atoms with Crippen molar-refractivity contribution in [1.82, 2.24) is 19.9 Å². The molecule has 61 heavy (non-hydrogen) atoms. The van der Waals surface area contributed by atoms with E-state index < -0.39 is 18.6 Å². The van der Waals surface area contributed by atoms with Crippen molar-refractivity contribution >= 4 is 44.1 Å². The van der Waals surface area contributed by atoms with Crippen molar-refractivity contribution < 1.29 is 35.8 Å². The molecule has 0 amide bonds. The second kappa shape index (κ2) is 16.6. The van der Waals surface area contributed by atoms with Gasteiger partial charge in [0.1, 0.15) is 5.58 Å². The molecule has 0 aliphatic rings. The fourth-order valence-corrected chi connectivity index (χ4v) is 7.57. The number of nitrogens with zero attached hydrogens (tertiary/aromatic N) is 4. The van der Waals surface area contributed by atoms with Gasteiger partial charge in [0, 0.05) is 66.9 Å². The number of furan rings is 2. The van der Waals surface area contributed by atoms with Gasteiger partial charge in [-0.25, -0.2) is 9.97 Å². The summed E-state index contributed by atoms with van der Waals surface area (Å²) in [6.45, 7) is 11.6.